The van der Waals surface area contributed by atoms with Crippen LogP contribution in [-0.4, -0.2) is 46.5 Å². The summed E-state index contributed by atoms with van der Waals surface area (Å²) in [4.78, 5) is 46.4. The van der Waals surface area contributed by atoms with Crippen molar-refractivity contribution in [2.45, 2.75) is 18.5 Å². The molecule has 0 aliphatic carbocycles. The minimum Gasteiger partial charge on any atom is -0.383 e. The number of carbonyl (C=O) groups is 1. The number of ether oxygens (including phenoxy) is 1. The molecule has 0 bridgehead atoms. The number of benzene rings is 1. The van der Waals surface area contributed by atoms with E-state index in [1.165, 1.54) is 28.3 Å². The lowest BCUT2D eigenvalue weighted by atomic mass is 10.2. The first-order valence-corrected chi connectivity index (χ1v) is 11.0. The van der Waals surface area contributed by atoms with E-state index in [1.54, 1.807) is 18.3 Å². The minimum absolute atomic E-state index is 0.0741. The fraction of sp³-hybridized carbons (Fsp3) is 0.273. The Kier molecular flexibility index (Phi) is 7.85. The molecule has 0 saturated carbocycles. The molecule has 32 heavy (non-hydrogen) atoms. The number of rotatable bonds is 9. The van der Waals surface area contributed by atoms with Crippen LogP contribution in [-0.2, 0) is 11.3 Å². The van der Waals surface area contributed by atoms with Crippen LogP contribution in [0.1, 0.15) is 22.8 Å². The van der Waals surface area contributed by atoms with Gasteiger partial charge in [-0.1, -0.05) is 37.3 Å². The Bertz CT molecular complexity index is 1190. The number of thioether (sulfide) groups is 1. The van der Waals surface area contributed by atoms with Crippen molar-refractivity contribution in [3.05, 3.63) is 80.6 Å². The molecule has 0 aliphatic rings. The minimum atomic E-state index is -0.738. The van der Waals surface area contributed by atoms with Crippen LogP contribution < -0.4 is 21.9 Å². The highest BCUT2D eigenvalue weighted by molar-refractivity contribution is 7.99. The fourth-order valence-electron chi connectivity index (χ4n) is 3.18. The fourth-order valence-corrected chi connectivity index (χ4v) is 3.83. The summed E-state index contributed by atoms with van der Waals surface area (Å²) in [6, 6.07) is 12.5. The second kappa shape index (κ2) is 10.8. The predicted molar refractivity (Wildman–Crippen MR) is 125 cm³/mol. The summed E-state index contributed by atoms with van der Waals surface area (Å²) >= 11 is 1.50. The Balaban J connectivity index is 2.08. The number of hydrogen-bond acceptors (Lipinski definition) is 7. The van der Waals surface area contributed by atoms with Crippen LogP contribution in [0.2, 0.25) is 0 Å². The maximum absolute atomic E-state index is 13.4. The second-order valence-corrected chi connectivity index (χ2v) is 8.11. The maximum atomic E-state index is 13.4. The number of pyridine rings is 1. The highest BCUT2D eigenvalue weighted by atomic mass is 32.2. The Morgan fingerprint density at radius 2 is 2.00 bits per heavy atom. The van der Waals surface area contributed by atoms with Crippen LogP contribution in [0.4, 0.5) is 11.5 Å². The van der Waals surface area contributed by atoms with Crippen molar-refractivity contribution < 1.29 is 9.53 Å². The maximum Gasteiger partial charge on any atom is 0.330 e. The van der Waals surface area contributed by atoms with Crippen molar-refractivity contribution >= 4 is 29.2 Å². The number of nitrogens with two attached hydrogens (primary N) is 1. The number of aromatic amines is 1. The van der Waals surface area contributed by atoms with E-state index >= 15 is 0 Å². The standard InChI is InChI=1S/C22H25N5O4S/c1-3-32-17-13-16(9-10-24-17)21(29)26(11-12-31-2)18-19(23)27(22(30)25-20(18)28)14-15-7-5-4-6-8-15/h4-10,13H,3,11-12,14,23H2,1-2H3,(H,25,28,30). The van der Waals surface area contributed by atoms with Crippen molar-refractivity contribution in [2.75, 3.05) is 36.6 Å². The number of H-pyrrole nitrogens is 1. The topological polar surface area (TPSA) is 123 Å². The van der Waals surface area contributed by atoms with E-state index in [1.807, 2.05) is 37.3 Å². The lowest BCUT2D eigenvalue weighted by Crippen LogP contribution is -2.42. The summed E-state index contributed by atoms with van der Waals surface area (Å²) in [7, 11) is 1.50. The number of methoxy groups -OCH3 is 1. The molecular weight excluding hydrogens is 430 g/mol. The van der Waals surface area contributed by atoms with E-state index in [4.69, 9.17) is 10.5 Å². The molecule has 2 aromatic heterocycles. The van der Waals surface area contributed by atoms with Crippen molar-refractivity contribution in [1.29, 1.82) is 0 Å². The van der Waals surface area contributed by atoms with Gasteiger partial charge in [-0.3, -0.25) is 24.0 Å². The highest BCUT2D eigenvalue weighted by Crippen LogP contribution is 2.22. The molecule has 0 atom stereocenters. The summed E-state index contributed by atoms with van der Waals surface area (Å²) in [5, 5.41) is 0.695. The molecule has 0 radical (unpaired) electrons. The molecule has 0 unspecified atom stereocenters. The van der Waals surface area contributed by atoms with E-state index in [0.29, 0.717) is 10.6 Å². The van der Waals surface area contributed by atoms with Crippen LogP contribution in [0.15, 0.2) is 63.3 Å². The summed E-state index contributed by atoms with van der Waals surface area (Å²) in [6.45, 7) is 2.38. The quantitative estimate of drug-likeness (QED) is 0.473. The molecule has 2 heterocycles. The second-order valence-electron chi connectivity index (χ2n) is 6.83. The van der Waals surface area contributed by atoms with Gasteiger partial charge in [-0.05, 0) is 23.4 Å². The zero-order chi connectivity index (χ0) is 23.1. The Hall–Kier alpha value is -3.37. The number of aromatic nitrogens is 3. The predicted octanol–water partition coefficient (Wildman–Crippen LogP) is 1.97. The van der Waals surface area contributed by atoms with Gasteiger partial charge in [-0.2, -0.15) is 0 Å². The summed E-state index contributed by atoms with van der Waals surface area (Å²) < 4.78 is 6.38. The third-order valence-electron chi connectivity index (χ3n) is 4.71. The van der Waals surface area contributed by atoms with E-state index < -0.39 is 17.2 Å². The van der Waals surface area contributed by atoms with E-state index in [0.717, 1.165) is 11.3 Å². The van der Waals surface area contributed by atoms with Gasteiger partial charge in [0.1, 0.15) is 5.82 Å². The highest BCUT2D eigenvalue weighted by Gasteiger charge is 2.25. The normalized spacial score (nSPS) is 10.8. The molecule has 0 spiro atoms. The smallest absolute Gasteiger partial charge is 0.330 e. The zero-order valence-corrected chi connectivity index (χ0v) is 18.7. The van der Waals surface area contributed by atoms with Gasteiger partial charge >= 0.3 is 5.69 Å². The van der Waals surface area contributed by atoms with Gasteiger partial charge in [0.05, 0.1) is 18.2 Å². The van der Waals surface area contributed by atoms with Gasteiger partial charge in [0.25, 0.3) is 11.5 Å². The summed E-state index contributed by atoms with van der Waals surface area (Å²) in [5.41, 5.74) is 5.99. The number of hydrogen-bond donors (Lipinski definition) is 2. The van der Waals surface area contributed by atoms with Crippen molar-refractivity contribution in [1.82, 2.24) is 14.5 Å². The van der Waals surface area contributed by atoms with Gasteiger partial charge in [0.2, 0.25) is 0 Å². The number of amides is 1. The molecule has 1 aromatic carbocycles. The van der Waals surface area contributed by atoms with Crippen LogP contribution in [0, 0.1) is 0 Å². The molecule has 0 aliphatic heterocycles. The molecule has 3 rings (SSSR count). The summed E-state index contributed by atoms with van der Waals surface area (Å²) in [5.74, 6) is 0.267. The largest absolute Gasteiger partial charge is 0.383 e. The Morgan fingerprint density at radius 1 is 1.25 bits per heavy atom. The first-order chi connectivity index (χ1) is 15.5. The average Bonchev–Trinajstić information content (AvgIpc) is 2.79. The molecular formula is C22H25N5O4S. The zero-order valence-electron chi connectivity index (χ0n) is 17.9. The molecule has 0 saturated heterocycles. The molecule has 3 N–H and O–H groups in total. The van der Waals surface area contributed by atoms with Crippen LogP contribution in [0.25, 0.3) is 0 Å². The number of nitrogens with one attached hydrogen (secondary N) is 1. The molecule has 10 heteroatoms. The van der Waals surface area contributed by atoms with Gasteiger partial charge in [-0.15, -0.1) is 11.8 Å². The number of anilines is 2. The van der Waals surface area contributed by atoms with Gasteiger partial charge < -0.3 is 10.5 Å². The Labute approximate surface area is 189 Å². The lowest BCUT2D eigenvalue weighted by Gasteiger charge is -2.24. The van der Waals surface area contributed by atoms with Gasteiger partial charge in [-0.25, -0.2) is 9.78 Å². The van der Waals surface area contributed by atoms with Crippen molar-refractivity contribution in [2.24, 2.45) is 0 Å². The molecule has 9 nitrogen and oxygen atoms in total. The van der Waals surface area contributed by atoms with Crippen molar-refractivity contribution in [3.63, 3.8) is 0 Å². The molecule has 3 aromatic rings. The van der Waals surface area contributed by atoms with Gasteiger partial charge in [0.15, 0.2) is 5.69 Å². The molecule has 1 amide bonds. The number of nitrogens with zero attached hydrogens (tertiary/aromatic N) is 3. The average molecular weight is 456 g/mol. The number of nitrogen functional groups attached to an aromatic ring is 1. The first-order valence-electron chi connectivity index (χ1n) is 10.0. The van der Waals surface area contributed by atoms with Crippen LogP contribution in [0.5, 0.6) is 0 Å². The van der Waals surface area contributed by atoms with E-state index in [9.17, 15) is 14.4 Å². The first kappa shape index (κ1) is 23.3. The molecule has 0 fully saturated rings. The molecule has 168 valence electrons. The third kappa shape index (κ3) is 5.27. The van der Waals surface area contributed by atoms with Crippen molar-refractivity contribution in [3.8, 4) is 0 Å². The summed E-state index contributed by atoms with van der Waals surface area (Å²) in [6.07, 6.45) is 1.55. The number of carbonyl (C=O) groups excluding carboxylic acids is 1. The monoisotopic (exact) mass is 455 g/mol. The van der Waals surface area contributed by atoms with Gasteiger partial charge in [0, 0.05) is 25.4 Å². The van der Waals surface area contributed by atoms with Crippen LogP contribution in [0.3, 0.4) is 0 Å². The SMILES string of the molecule is CCSc1cc(C(=O)N(CCOC)c2c(N)n(Cc3ccccc3)c(=O)[nH]c2=O)ccn1. The van der Waals surface area contributed by atoms with E-state index in [-0.39, 0.29) is 31.2 Å². The van der Waals surface area contributed by atoms with Crippen LogP contribution >= 0.6 is 11.8 Å². The lowest BCUT2D eigenvalue weighted by molar-refractivity contribution is 0.0975. The third-order valence-corrected chi connectivity index (χ3v) is 5.51. The van der Waals surface area contributed by atoms with E-state index in [2.05, 4.69) is 9.97 Å². The Morgan fingerprint density at radius 3 is 2.69 bits per heavy atom.